The largest absolute Gasteiger partial charge is 0.493 e. The van der Waals surface area contributed by atoms with Crippen LogP contribution in [0.4, 0.5) is 4.39 Å². The third-order valence-electron chi connectivity index (χ3n) is 5.63. The molecule has 1 aromatic heterocycles. The number of rotatable bonds is 4. The highest BCUT2D eigenvalue weighted by atomic mass is 35.5. The quantitative estimate of drug-likeness (QED) is 0.842. The maximum absolute atomic E-state index is 13.6. The normalized spacial score (nSPS) is 23.9. The van der Waals surface area contributed by atoms with Crippen molar-refractivity contribution in [2.75, 3.05) is 20.2 Å². The molecule has 2 saturated heterocycles. The van der Waals surface area contributed by atoms with Crippen molar-refractivity contribution in [1.29, 1.82) is 0 Å². The number of nitrogens with one attached hydrogen (secondary N) is 1. The number of aromatic nitrogens is 1. The van der Waals surface area contributed by atoms with Gasteiger partial charge in [-0.2, -0.15) is 0 Å². The van der Waals surface area contributed by atoms with Gasteiger partial charge in [-0.25, -0.2) is 4.39 Å². The monoisotopic (exact) mass is 405 g/mol. The Kier molecular flexibility index (Phi) is 5.91. The minimum Gasteiger partial charge on any atom is -0.493 e. The van der Waals surface area contributed by atoms with Crippen LogP contribution in [0.15, 0.2) is 36.5 Å². The van der Waals surface area contributed by atoms with E-state index in [4.69, 9.17) is 4.74 Å². The van der Waals surface area contributed by atoms with Crippen molar-refractivity contribution in [2.24, 2.45) is 0 Å². The lowest BCUT2D eigenvalue weighted by atomic mass is 9.96. The molecule has 0 saturated carbocycles. The molecule has 1 spiro atoms. The summed E-state index contributed by atoms with van der Waals surface area (Å²) < 4.78 is 19.2. The van der Waals surface area contributed by atoms with Gasteiger partial charge in [0.25, 0.3) is 0 Å². The number of ether oxygens (including phenoxy) is 1. The lowest BCUT2D eigenvalue weighted by Gasteiger charge is -2.23. The number of nitrogens with zero attached hydrogens (tertiary/aromatic N) is 2. The number of carbonyl (C=O) groups excluding carboxylic acids is 1. The standard InChI is InChI=1S/C21H24FN3O2.ClH/c1-3-27-19-13-15(22)4-5-16(19)14-7-10-23-18(12-14)17-6-8-21(24-17)9-11-25(2)20(21)26;/h4-5,7,10,12-13,17,24H,3,6,8-9,11H2,1-2H3;1H/t17-,21+;/m1./s1. The molecule has 28 heavy (non-hydrogen) atoms. The Morgan fingerprint density at radius 3 is 2.86 bits per heavy atom. The van der Waals surface area contributed by atoms with Crippen LogP contribution in [0.1, 0.15) is 37.9 Å². The summed E-state index contributed by atoms with van der Waals surface area (Å²) in [5, 5.41) is 3.55. The molecule has 7 heteroatoms. The summed E-state index contributed by atoms with van der Waals surface area (Å²) in [6.45, 7) is 3.14. The second-order valence-electron chi connectivity index (χ2n) is 7.34. The summed E-state index contributed by atoms with van der Waals surface area (Å²) in [6, 6.07) is 8.53. The summed E-state index contributed by atoms with van der Waals surface area (Å²) in [5.41, 5.74) is 2.23. The molecule has 150 valence electrons. The first-order valence-electron chi connectivity index (χ1n) is 9.44. The number of halogens is 2. The molecule has 1 amide bonds. The summed E-state index contributed by atoms with van der Waals surface area (Å²) in [6.07, 6.45) is 4.30. The summed E-state index contributed by atoms with van der Waals surface area (Å²) in [5.74, 6) is 0.385. The molecule has 2 fully saturated rings. The van der Waals surface area contributed by atoms with Crippen molar-refractivity contribution < 1.29 is 13.9 Å². The lowest BCUT2D eigenvalue weighted by Crippen LogP contribution is -2.47. The highest BCUT2D eigenvalue weighted by Crippen LogP contribution is 2.39. The van der Waals surface area contributed by atoms with Gasteiger partial charge in [-0.05, 0) is 56.0 Å². The van der Waals surface area contributed by atoms with E-state index in [0.29, 0.717) is 12.4 Å². The Morgan fingerprint density at radius 1 is 1.32 bits per heavy atom. The molecule has 1 aromatic carbocycles. The van der Waals surface area contributed by atoms with Crippen molar-refractivity contribution in [3.63, 3.8) is 0 Å². The Hall–Kier alpha value is -2.18. The van der Waals surface area contributed by atoms with Crippen molar-refractivity contribution in [1.82, 2.24) is 15.2 Å². The molecular formula is C21H25ClFN3O2. The summed E-state index contributed by atoms with van der Waals surface area (Å²) in [7, 11) is 1.86. The number of benzene rings is 1. The molecule has 4 rings (SSSR count). The van der Waals surface area contributed by atoms with Crippen molar-refractivity contribution >= 4 is 18.3 Å². The molecule has 0 unspecified atom stereocenters. The number of likely N-dealkylation sites (tertiary alicyclic amines) is 1. The zero-order chi connectivity index (χ0) is 19.0. The van der Waals surface area contributed by atoms with E-state index in [0.717, 1.165) is 42.6 Å². The van der Waals surface area contributed by atoms with Gasteiger partial charge in [0.2, 0.25) is 5.91 Å². The Morgan fingerprint density at radius 2 is 2.14 bits per heavy atom. The molecule has 2 aliphatic rings. The van der Waals surface area contributed by atoms with E-state index in [-0.39, 0.29) is 30.2 Å². The fourth-order valence-corrected chi connectivity index (χ4v) is 4.20. The third kappa shape index (κ3) is 3.59. The molecule has 0 bridgehead atoms. The molecule has 0 aliphatic carbocycles. The first kappa shape index (κ1) is 20.6. The smallest absolute Gasteiger partial charge is 0.242 e. The number of hydrogen-bond acceptors (Lipinski definition) is 4. The van der Waals surface area contributed by atoms with Gasteiger partial charge < -0.3 is 9.64 Å². The molecule has 2 atom stereocenters. The zero-order valence-electron chi connectivity index (χ0n) is 16.1. The summed E-state index contributed by atoms with van der Waals surface area (Å²) in [4.78, 5) is 18.9. The molecule has 3 heterocycles. The van der Waals surface area contributed by atoms with Crippen LogP contribution < -0.4 is 10.1 Å². The predicted octanol–water partition coefficient (Wildman–Crippen LogP) is 3.73. The zero-order valence-corrected chi connectivity index (χ0v) is 16.9. The molecule has 2 aliphatic heterocycles. The fraction of sp³-hybridized carbons (Fsp3) is 0.429. The maximum atomic E-state index is 13.6. The highest BCUT2D eigenvalue weighted by molar-refractivity contribution is 5.88. The molecule has 0 radical (unpaired) electrons. The van der Waals surface area contributed by atoms with Gasteiger partial charge in [-0.3, -0.25) is 15.1 Å². The van der Waals surface area contributed by atoms with Gasteiger partial charge in [0.1, 0.15) is 17.1 Å². The van der Waals surface area contributed by atoms with E-state index in [1.807, 2.05) is 26.1 Å². The molecule has 5 nitrogen and oxygen atoms in total. The van der Waals surface area contributed by atoms with Crippen LogP contribution in [-0.4, -0.2) is 41.5 Å². The van der Waals surface area contributed by atoms with Gasteiger partial charge >= 0.3 is 0 Å². The fourth-order valence-electron chi connectivity index (χ4n) is 4.20. The van der Waals surface area contributed by atoms with Crippen LogP contribution in [0, 0.1) is 5.82 Å². The number of pyridine rings is 1. The van der Waals surface area contributed by atoms with Crippen molar-refractivity contribution in [3.05, 3.63) is 48.0 Å². The van der Waals surface area contributed by atoms with Crippen LogP contribution in [0.25, 0.3) is 11.1 Å². The molecule has 2 aromatic rings. The van der Waals surface area contributed by atoms with E-state index >= 15 is 0 Å². The second-order valence-corrected chi connectivity index (χ2v) is 7.34. The first-order chi connectivity index (χ1) is 13.0. The minimum absolute atomic E-state index is 0. The van der Waals surface area contributed by atoms with Gasteiger partial charge in [-0.1, -0.05) is 0 Å². The van der Waals surface area contributed by atoms with Crippen LogP contribution in [-0.2, 0) is 4.79 Å². The first-order valence-corrected chi connectivity index (χ1v) is 9.44. The third-order valence-corrected chi connectivity index (χ3v) is 5.63. The lowest BCUT2D eigenvalue weighted by molar-refractivity contribution is -0.131. The number of hydrogen-bond donors (Lipinski definition) is 1. The van der Waals surface area contributed by atoms with E-state index in [1.54, 1.807) is 17.2 Å². The molecule has 1 N–H and O–H groups in total. The van der Waals surface area contributed by atoms with Crippen molar-refractivity contribution in [2.45, 2.75) is 37.8 Å². The number of carbonyl (C=O) groups is 1. The van der Waals surface area contributed by atoms with Gasteiger partial charge in [0.05, 0.1) is 18.3 Å². The topological polar surface area (TPSA) is 54.5 Å². The Bertz CT molecular complexity index is 878. The maximum Gasteiger partial charge on any atom is 0.242 e. The Balaban J connectivity index is 0.00000225. The van der Waals surface area contributed by atoms with Gasteiger partial charge in [-0.15, -0.1) is 12.4 Å². The predicted molar refractivity (Wildman–Crippen MR) is 108 cm³/mol. The van der Waals surface area contributed by atoms with Crippen LogP contribution in [0.2, 0.25) is 0 Å². The SMILES string of the molecule is CCOc1cc(F)ccc1-c1ccnc([C@H]2CC[C@@]3(CCN(C)C3=O)N2)c1.Cl. The minimum atomic E-state index is -0.441. The second kappa shape index (κ2) is 8.05. The van der Waals surface area contributed by atoms with Crippen LogP contribution in [0.3, 0.4) is 0 Å². The van der Waals surface area contributed by atoms with Crippen molar-refractivity contribution in [3.8, 4) is 16.9 Å². The van der Waals surface area contributed by atoms with Crippen LogP contribution in [0.5, 0.6) is 5.75 Å². The van der Waals surface area contributed by atoms with E-state index in [1.165, 1.54) is 12.1 Å². The Labute approximate surface area is 170 Å². The summed E-state index contributed by atoms with van der Waals surface area (Å²) >= 11 is 0. The van der Waals surface area contributed by atoms with E-state index in [9.17, 15) is 9.18 Å². The molecular weight excluding hydrogens is 381 g/mol. The number of amides is 1. The van der Waals surface area contributed by atoms with Gasteiger partial charge in [0.15, 0.2) is 0 Å². The number of likely N-dealkylation sites (N-methyl/N-ethyl adjacent to an activating group) is 1. The van der Waals surface area contributed by atoms with Crippen LogP contribution >= 0.6 is 12.4 Å². The van der Waals surface area contributed by atoms with E-state index in [2.05, 4.69) is 10.3 Å². The average molecular weight is 406 g/mol. The van der Waals surface area contributed by atoms with Gasteiger partial charge in [0, 0.05) is 31.4 Å². The highest BCUT2D eigenvalue weighted by Gasteiger charge is 2.50. The average Bonchev–Trinajstić information content (AvgIpc) is 3.22. The van der Waals surface area contributed by atoms with E-state index < -0.39 is 5.54 Å².